The molecule has 23 heavy (non-hydrogen) atoms. The fraction of sp³-hybridized carbons (Fsp3) is 0.286. The van der Waals surface area contributed by atoms with Crippen LogP contribution in [0.2, 0.25) is 15.1 Å². The summed E-state index contributed by atoms with van der Waals surface area (Å²) in [5.41, 5.74) is 0. The van der Waals surface area contributed by atoms with Gasteiger partial charge in [0.2, 0.25) is 0 Å². The molecule has 0 aromatic heterocycles. The van der Waals surface area contributed by atoms with Crippen LogP contribution in [-0.2, 0) is 19.1 Å². The van der Waals surface area contributed by atoms with Gasteiger partial charge in [0.25, 0.3) is 0 Å². The van der Waals surface area contributed by atoms with E-state index < -0.39 is 18.0 Å². The van der Waals surface area contributed by atoms with Gasteiger partial charge in [-0.3, -0.25) is 4.79 Å². The van der Waals surface area contributed by atoms with Crippen LogP contribution in [0.3, 0.4) is 0 Å². The fourth-order valence-corrected chi connectivity index (χ4v) is 1.93. The molecule has 0 spiro atoms. The van der Waals surface area contributed by atoms with Crippen LogP contribution in [0.15, 0.2) is 18.7 Å². The van der Waals surface area contributed by atoms with Crippen LogP contribution in [0, 0.1) is 0 Å². The van der Waals surface area contributed by atoms with Crippen molar-refractivity contribution in [2.75, 3.05) is 13.2 Å². The Hall–Kier alpha value is -1.47. The van der Waals surface area contributed by atoms with Crippen molar-refractivity contribution in [3.05, 3.63) is 33.8 Å². The molecule has 1 N–H and O–H groups in total. The molecule has 0 radical (unpaired) electrons. The van der Waals surface area contributed by atoms with Crippen molar-refractivity contribution < 1.29 is 28.9 Å². The van der Waals surface area contributed by atoms with Gasteiger partial charge in [-0.25, -0.2) is 4.79 Å². The number of rotatable bonds is 5. The predicted molar refractivity (Wildman–Crippen MR) is 85.3 cm³/mol. The van der Waals surface area contributed by atoms with Crippen LogP contribution in [-0.4, -0.2) is 36.4 Å². The Labute approximate surface area is 147 Å². The summed E-state index contributed by atoms with van der Waals surface area (Å²) in [6.07, 6.45) is -0.00810. The lowest BCUT2D eigenvalue weighted by molar-refractivity contribution is -0.148. The molecule has 0 aliphatic carbocycles. The van der Waals surface area contributed by atoms with E-state index in [4.69, 9.17) is 44.6 Å². The normalized spacial score (nSPS) is 11.9. The van der Waals surface area contributed by atoms with Gasteiger partial charge in [-0.2, -0.15) is 0 Å². The zero-order valence-electron chi connectivity index (χ0n) is 12.0. The quantitative estimate of drug-likeness (QED) is 0.484. The third-order valence-electron chi connectivity index (χ3n) is 2.36. The van der Waals surface area contributed by atoms with Crippen LogP contribution in [0.1, 0.15) is 6.92 Å². The van der Waals surface area contributed by atoms with Gasteiger partial charge >= 0.3 is 11.9 Å². The molecule has 1 unspecified atom stereocenters. The lowest BCUT2D eigenvalue weighted by Crippen LogP contribution is -2.24. The number of hydrogen-bond acceptors (Lipinski definition) is 6. The number of halogens is 3. The second kappa shape index (κ2) is 8.98. The molecule has 1 aromatic carbocycles. The number of ether oxygens (including phenoxy) is 3. The molecule has 3 rings (SSSR count). The first-order valence-electron chi connectivity index (χ1n) is 6.22. The van der Waals surface area contributed by atoms with Gasteiger partial charge in [-0.15, -0.1) is 0 Å². The minimum absolute atomic E-state index is 0.181. The number of fused-ring (bicyclic) bond motifs is 2. The number of esters is 2. The number of aliphatic hydroxyl groups is 1. The lowest BCUT2D eigenvalue weighted by atomic mass is 10.2. The van der Waals surface area contributed by atoms with Gasteiger partial charge < -0.3 is 19.3 Å². The molecule has 0 saturated carbocycles. The molecule has 6 nitrogen and oxygen atoms in total. The highest BCUT2D eigenvalue weighted by Crippen LogP contribution is 2.53. The molecule has 0 amide bonds. The summed E-state index contributed by atoms with van der Waals surface area (Å²) in [5.74, 6) is -0.0205. The topological polar surface area (TPSA) is 82.1 Å². The van der Waals surface area contributed by atoms with Crippen LogP contribution in [0.25, 0.3) is 0 Å². The minimum Gasteiger partial charge on any atom is -0.463 e. The Bertz CT molecular complexity index is 608. The van der Waals surface area contributed by atoms with Gasteiger partial charge in [0.15, 0.2) is 11.5 Å². The second-order valence-electron chi connectivity index (χ2n) is 4.21. The minimum atomic E-state index is -0.993. The summed E-state index contributed by atoms with van der Waals surface area (Å²) in [5, 5.41) is 10.5. The first-order chi connectivity index (χ1) is 10.8. The van der Waals surface area contributed by atoms with Gasteiger partial charge in [0, 0.05) is 19.1 Å². The van der Waals surface area contributed by atoms with Gasteiger partial charge in [-0.05, 0) is 0 Å². The third kappa shape index (κ3) is 5.91. The third-order valence-corrected chi connectivity index (χ3v) is 3.49. The summed E-state index contributed by atoms with van der Waals surface area (Å²) in [6.45, 7) is 4.00. The molecule has 2 bridgehead atoms. The average Bonchev–Trinajstić information content (AvgIpc) is 2.52. The maximum absolute atomic E-state index is 10.5. The molecule has 2 aliphatic heterocycles. The van der Waals surface area contributed by atoms with E-state index >= 15 is 0 Å². The van der Waals surface area contributed by atoms with Crippen LogP contribution < -0.4 is 4.74 Å². The first-order valence-corrected chi connectivity index (χ1v) is 7.35. The highest BCUT2D eigenvalue weighted by Gasteiger charge is 2.26. The van der Waals surface area contributed by atoms with E-state index in [1.807, 2.05) is 0 Å². The average molecular weight is 384 g/mol. The largest absolute Gasteiger partial charge is 0.463 e. The summed E-state index contributed by atoms with van der Waals surface area (Å²) in [6, 6.07) is 1.60. The SMILES string of the molecule is C=CC(=O)OCC(O)COC(C)=O.Clc1cc2c(Cl)c(c1Cl)O2. The number of aliphatic hydroxyl groups excluding tert-OH is 1. The Morgan fingerprint density at radius 3 is 2.35 bits per heavy atom. The fourth-order valence-electron chi connectivity index (χ4n) is 1.28. The Kier molecular flexibility index (Phi) is 7.64. The monoisotopic (exact) mass is 382 g/mol. The van der Waals surface area contributed by atoms with Crippen LogP contribution in [0.4, 0.5) is 0 Å². The molecule has 1 aromatic rings. The molecule has 0 saturated heterocycles. The Balaban J connectivity index is 0.000000235. The Morgan fingerprint density at radius 1 is 1.30 bits per heavy atom. The molecule has 1 atom stereocenters. The highest BCUT2D eigenvalue weighted by atomic mass is 35.5. The van der Waals surface area contributed by atoms with E-state index in [-0.39, 0.29) is 13.2 Å². The van der Waals surface area contributed by atoms with E-state index in [9.17, 15) is 9.59 Å². The first kappa shape index (κ1) is 19.6. The van der Waals surface area contributed by atoms with Crippen molar-refractivity contribution in [3.63, 3.8) is 0 Å². The van der Waals surface area contributed by atoms with E-state index in [2.05, 4.69) is 16.1 Å². The highest BCUT2D eigenvalue weighted by molar-refractivity contribution is 6.46. The standard InChI is InChI=1S/C8H12O5.C6HCl3O/c1-3-8(11)13-5-7(10)4-12-6(2)9;7-2-1-3-5(9)6(10-3)4(2)8/h3,7,10H,1,4-5H2,2H3;1H. The van der Waals surface area contributed by atoms with Crippen molar-refractivity contribution >= 4 is 46.7 Å². The van der Waals surface area contributed by atoms with E-state index in [1.54, 1.807) is 6.07 Å². The van der Waals surface area contributed by atoms with Crippen LogP contribution in [0.5, 0.6) is 11.5 Å². The number of carbonyl (C=O) groups excluding carboxylic acids is 2. The van der Waals surface area contributed by atoms with Crippen molar-refractivity contribution in [2.45, 2.75) is 13.0 Å². The molecule has 0 fully saturated rings. The van der Waals surface area contributed by atoms with E-state index in [0.29, 0.717) is 26.6 Å². The zero-order chi connectivity index (χ0) is 17.6. The van der Waals surface area contributed by atoms with Gasteiger partial charge in [0.1, 0.15) is 29.4 Å². The maximum atomic E-state index is 10.5. The zero-order valence-corrected chi connectivity index (χ0v) is 14.2. The van der Waals surface area contributed by atoms with Gasteiger partial charge in [0.05, 0.1) is 5.02 Å². The van der Waals surface area contributed by atoms with E-state index in [0.717, 1.165) is 6.08 Å². The maximum Gasteiger partial charge on any atom is 0.330 e. The van der Waals surface area contributed by atoms with Crippen molar-refractivity contribution in [1.82, 2.24) is 0 Å². The number of benzene rings is 1. The molecular formula is C14H13Cl3O6. The van der Waals surface area contributed by atoms with Gasteiger partial charge in [-0.1, -0.05) is 41.4 Å². The molecular weight excluding hydrogens is 371 g/mol. The number of carbonyl (C=O) groups is 2. The van der Waals surface area contributed by atoms with Crippen molar-refractivity contribution in [2.24, 2.45) is 0 Å². The van der Waals surface area contributed by atoms with Crippen LogP contribution >= 0.6 is 34.8 Å². The summed E-state index contributed by atoms with van der Waals surface area (Å²) in [7, 11) is 0. The Morgan fingerprint density at radius 2 is 1.91 bits per heavy atom. The molecule has 2 aliphatic rings. The smallest absolute Gasteiger partial charge is 0.330 e. The molecule has 126 valence electrons. The summed E-state index contributed by atoms with van der Waals surface area (Å²) in [4.78, 5) is 20.8. The predicted octanol–water partition coefficient (Wildman–Crippen LogP) is 3.39. The summed E-state index contributed by atoms with van der Waals surface area (Å²) < 4.78 is 14.0. The lowest BCUT2D eigenvalue weighted by Gasteiger charge is -2.21. The van der Waals surface area contributed by atoms with Crippen molar-refractivity contribution in [3.8, 4) is 11.5 Å². The van der Waals surface area contributed by atoms with Crippen molar-refractivity contribution in [1.29, 1.82) is 0 Å². The summed E-state index contributed by atoms with van der Waals surface area (Å²) >= 11 is 17.0. The van der Waals surface area contributed by atoms with E-state index in [1.165, 1.54) is 6.92 Å². The second-order valence-corrected chi connectivity index (χ2v) is 5.37. The molecule has 2 heterocycles. The number of hydrogen-bond donors (Lipinski definition) is 1. The molecule has 9 heteroatoms.